The van der Waals surface area contributed by atoms with E-state index in [2.05, 4.69) is 15.3 Å². The van der Waals surface area contributed by atoms with Gasteiger partial charge in [0.1, 0.15) is 0 Å². The number of carbonyl (C=O) groups is 2. The first-order valence-corrected chi connectivity index (χ1v) is 10.9. The number of hydrogen-bond acceptors (Lipinski definition) is 8. The van der Waals surface area contributed by atoms with Crippen molar-refractivity contribution in [3.05, 3.63) is 27.9 Å². The Labute approximate surface area is 183 Å². The van der Waals surface area contributed by atoms with E-state index < -0.39 is 35.9 Å². The molecule has 1 aromatic heterocycles. The van der Waals surface area contributed by atoms with E-state index in [-0.39, 0.29) is 38.1 Å². The predicted molar refractivity (Wildman–Crippen MR) is 111 cm³/mol. The van der Waals surface area contributed by atoms with Crippen LogP contribution in [0.3, 0.4) is 0 Å². The highest BCUT2D eigenvalue weighted by Crippen LogP contribution is 2.49. The highest BCUT2D eigenvalue weighted by molar-refractivity contribution is 7.11. The van der Waals surface area contributed by atoms with Crippen LogP contribution in [0.4, 0.5) is 8.78 Å². The first-order valence-electron chi connectivity index (χ1n) is 10.0. The molecular formula is C20H26F2N4O4S. The van der Waals surface area contributed by atoms with E-state index in [4.69, 9.17) is 9.84 Å². The molecule has 1 aromatic rings. The van der Waals surface area contributed by atoms with Crippen LogP contribution < -0.4 is 5.32 Å². The number of ether oxygens (including phenoxy) is 1. The van der Waals surface area contributed by atoms with Crippen LogP contribution in [0.15, 0.2) is 27.8 Å². The van der Waals surface area contributed by atoms with Gasteiger partial charge in [0.2, 0.25) is 0 Å². The molecule has 31 heavy (non-hydrogen) atoms. The molecule has 1 unspecified atom stereocenters. The van der Waals surface area contributed by atoms with Gasteiger partial charge in [-0.1, -0.05) is 13.8 Å². The van der Waals surface area contributed by atoms with Crippen molar-refractivity contribution in [3.8, 4) is 0 Å². The van der Waals surface area contributed by atoms with Crippen molar-refractivity contribution >= 4 is 29.1 Å². The summed E-state index contributed by atoms with van der Waals surface area (Å²) in [4.78, 5) is 33.7. The number of esters is 1. The lowest BCUT2D eigenvalue weighted by Crippen LogP contribution is -2.43. The van der Waals surface area contributed by atoms with Crippen LogP contribution in [0.1, 0.15) is 38.6 Å². The van der Waals surface area contributed by atoms with Crippen LogP contribution in [-0.2, 0) is 14.3 Å². The van der Waals surface area contributed by atoms with Crippen LogP contribution >= 0.6 is 11.3 Å². The van der Waals surface area contributed by atoms with Gasteiger partial charge in [-0.05, 0) is 13.3 Å². The third-order valence-corrected chi connectivity index (χ3v) is 6.58. The fourth-order valence-electron chi connectivity index (χ4n) is 3.96. The standard InChI is InChI=1S/C20H26F2N4O4S/c1-4-30-18(29)12-9-24-16(17-23-7-8-31-17)25-13(12)10-26-11-20(21,22)19(2,3)14(26)5-6-15(27)28/h7-8,14H,4-6,9-11H2,1-3H3,(H,24,25)(H,27,28). The van der Waals surface area contributed by atoms with E-state index in [0.29, 0.717) is 16.5 Å². The van der Waals surface area contributed by atoms with Crippen LogP contribution in [0.5, 0.6) is 0 Å². The second kappa shape index (κ2) is 8.99. The number of likely N-dealkylation sites (tertiary alicyclic amines) is 1. The topological polar surface area (TPSA) is 104 Å². The number of aromatic nitrogens is 1. The van der Waals surface area contributed by atoms with Crippen molar-refractivity contribution in [1.29, 1.82) is 0 Å². The third-order valence-electron chi connectivity index (χ3n) is 5.80. The maximum absolute atomic E-state index is 14.8. The van der Waals surface area contributed by atoms with Gasteiger partial charge >= 0.3 is 11.9 Å². The SMILES string of the molecule is CCOC(=O)C1=C(CN2CC(F)(F)C(C)(C)C2CCC(=O)O)NC(c2nccs2)=NC1. The summed E-state index contributed by atoms with van der Waals surface area (Å²) in [6.45, 7) is 4.30. The van der Waals surface area contributed by atoms with Crippen LogP contribution in [0.25, 0.3) is 0 Å². The highest BCUT2D eigenvalue weighted by atomic mass is 32.1. The van der Waals surface area contributed by atoms with Gasteiger partial charge in [0.15, 0.2) is 10.8 Å². The molecule has 0 radical (unpaired) electrons. The van der Waals surface area contributed by atoms with Gasteiger partial charge in [-0.2, -0.15) is 0 Å². The summed E-state index contributed by atoms with van der Waals surface area (Å²) in [5, 5.41) is 14.6. The van der Waals surface area contributed by atoms with Crippen molar-refractivity contribution < 1.29 is 28.2 Å². The maximum Gasteiger partial charge on any atom is 0.337 e. The van der Waals surface area contributed by atoms with E-state index in [0.717, 1.165) is 0 Å². The van der Waals surface area contributed by atoms with Crippen LogP contribution in [0, 0.1) is 5.41 Å². The minimum Gasteiger partial charge on any atom is -0.481 e. The number of carboxylic acids is 1. The third kappa shape index (κ3) is 4.77. The summed E-state index contributed by atoms with van der Waals surface area (Å²) in [6.07, 6.45) is 1.48. The van der Waals surface area contributed by atoms with Gasteiger partial charge in [-0.3, -0.25) is 14.7 Å². The number of hydrogen-bond donors (Lipinski definition) is 2. The summed E-state index contributed by atoms with van der Waals surface area (Å²) >= 11 is 1.36. The molecule has 0 saturated carbocycles. The number of carbonyl (C=O) groups excluding carboxylic acids is 1. The predicted octanol–water partition coefficient (Wildman–Crippen LogP) is 2.52. The molecular weight excluding hydrogens is 430 g/mol. The first kappa shape index (κ1) is 23.3. The minimum atomic E-state index is -3.01. The molecule has 2 aliphatic rings. The average molecular weight is 457 g/mol. The second-order valence-corrected chi connectivity index (χ2v) is 8.98. The lowest BCUT2D eigenvalue weighted by atomic mass is 9.80. The summed E-state index contributed by atoms with van der Waals surface area (Å²) in [7, 11) is 0. The summed E-state index contributed by atoms with van der Waals surface area (Å²) in [5.74, 6) is -4.14. The number of thiazole rings is 1. The molecule has 8 nitrogen and oxygen atoms in total. The number of amidine groups is 1. The molecule has 2 aliphatic heterocycles. The van der Waals surface area contributed by atoms with Gasteiger partial charge in [-0.15, -0.1) is 11.3 Å². The van der Waals surface area contributed by atoms with E-state index in [1.807, 2.05) is 0 Å². The number of carboxylic acid groups (broad SMARTS) is 1. The number of alkyl halides is 2. The lowest BCUT2D eigenvalue weighted by molar-refractivity contribution is -0.139. The monoisotopic (exact) mass is 456 g/mol. The first-order chi connectivity index (χ1) is 14.6. The number of halogens is 2. The van der Waals surface area contributed by atoms with Crippen molar-refractivity contribution in [2.45, 2.75) is 45.6 Å². The summed E-state index contributed by atoms with van der Waals surface area (Å²) in [6, 6.07) is -0.682. The number of rotatable bonds is 8. The molecule has 0 bridgehead atoms. The fraction of sp³-hybridized carbons (Fsp3) is 0.600. The smallest absolute Gasteiger partial charge is 0.337 e. The summed E-state index contributed by atoms with van der Waals surface area (Å²) in [5.41, 5.74) is -0.729. The van der Waals surface area contributed by atoms with Crippen molar-refractivity contribution in [2.75, 3.05) is 26.2 Å². The van der Waals surface area contributed by atoms with Crippen molar-refractivity contribution in [2.24, 2.45) is 10.4 Å². The van der Waals surface area contributed by atoms with Crippen molar-refractivity contribution in [1.82, 2.24) is 15.2 Å². The molecule has 0 amide bonds. The zero-order valence-corrected chi connectivity index (χ0v) is 18.5. The molecule has 3 heterocycles. The highest BCUT2D eigenvalue weighted by Gasteiger charge is 2.60. The van der Waals surface area contributed by atoms with Crippen molar-refractivity contribution in [3.63, 3.8) is 0 Å². The van der Waals surface area contributed by atoms with Crippen LogP contribution in [0.2, 0.25) is 0 Å². The molecule has 0 aromatic carbocycles. The molecule has 1 saturated heterocycles. The Hall–Kier alpha value is -2.40. The largest absolute Gasteiger partial charge is 0.481 e. The van der Waals surface area contributed by atoms with E-state index in [1.54, 1.807) is 23.4 Å². The lowest BCUT2D eigenvalue weighted by Gasteiger charge is -2.34. The molecule has 3 rings (SSSR count). The average Bonchev–Trinajstić information content (AvgIpc) is 3.26. The van der Waals surface area contributed by atoms with Gasteiger partial charge in [-0.25, -0.2) is 18.6 Å². The normalized spacial score (nSPS) is 22.7. The Morgan fingerprint density at radius 2 is 2.16 bits per heavy atom. The Morgan fingerprint density at radius 1 is 1.42 bits per heavy atom. The maximum atomic E-state index is 14.8. The van der Waals surface area contributed by atoms with Gasteiger partial charge < -0.3 is 15.2 Å². The van der Waals surface area contributed by atoms with Gasteiger partial charge in [0.05, 0.1) is 25.3 Å². The summed E-state index contributed by atoms with van der Waals surface area (Å²) < 4.78 is 34.8. The zero-order valence-electron chi connectivity index (χ0n) is 17.7. The molecule has 11 heteroatoms. The molecule has 1 atom stereocenters. The quantitative estimate of drug-likeness (QED) is 0.579. The Balaban J connectivity index is 1.90. The molecule has 1 fully saturated rings. The Bertz CT molecular complexity index is 899. The number of nitrogens with zero attached hydrogens (tertiary/aromatic N) is 3. The molecule has 170 valence electrons. The molecule has 2 N–H and O–H groups in total. The second-order valence-electron chi connectivity index (χ2n) is 8.08. The van der Waals surface area contributed by atoms with E-state index >= 15 is 0 Å². The van der Waals surface area contributed by atoms with Gasteiger partial charge in [0.25, 0.3) is 5.92 Å². The number of aliphatic carboxylic acids is 1. The molecule has 0 aliphatic carbocycles. The number of nitrogens with one attached hydrogen (secondary N) is 1. The minimum absolute atomic E-state index is 0.0157. The Kier molecular flexibility index (Phi) is 6.75. The zero-order chi connectivity index (χ0) is 22.8. The molecule has 0 spiro atoms. The van der Waals surface area contributed by atoms with E-state index in [9.17, 15) is 18.4 Å². The Morgan fingerprint density at radius 3 is 2.77 bits per heavy atom. The number of aliphatic imine (C=N–C) groups is 1. The fourth-order valence-corrected chi connectivity index (χ4v) is 4.56. The van der Waals surface area contributed by atoms with Gasteiger partial charge in [0, 0.05) is 41.7 Å². The van der Waals surface area contributed by atoms with E-state index in [1.165, 1.54) is 25.2 Å². The van der Waals surface area contributed by atoms with Crippen LogP contribution in [-0.4, -0.2) is 71.0 Å².